The van der Waals surface area contributed by atoms with Gasteiger partial charge in [-0.05, 0) is 30.2 Å². The second-order valence-electron chi connectivity index (χ2n) is 6.28. The Morgan fingerprint density at radius 1 is 1.26 bits per heavy atom. The summed E-state index contributed by atoms with van der Waals surface area (Å²) in [5.41, 5.74) is 5.51. The highest BCUT2D eigenvalue weighted by atomic mass is 19.4. The molecule has 0 saturated carbocycles. The summed E-state index contributed by atoms with van der Waals surface area (Å²) in [7, 11) is 0. The molecule has 9 heteroatoms. The molecule has 1 aromatic carbocycles. The molecule has 1 aliphatic rings. The topological polar surface area (TPSA) is 68.5 Å². The lowest BCUT2D eigenvalue weighted by Crippen LogP contribution is -2.16. The van der Waals surface area contributed by atoms with Gasteiger partial charge >= 0.3 is 6.18 Å². The van der Waals surface area contributed by atoms with Crippen LogP contribution in [0.25, 0.3) is 16.6 Å². The zero-order chi connectivity index (χ0) is 19.0. The molecule has 0 fully saturated rings. The molecule has 0 bridgehead atoms. The van der Waals surface area contributed by atoms with E-state index in [1.54, 1.807) is 6.20 Å². The highest BCUT2D eigenvalue weighted by Gasteiger charge is 2.26. The molecule has 0 radical (unpaired) electrons. The van der Waals surface area contributed by atoms with Crippen molar-refractivity contribution in [3.05, 3.63) is 47.3 Å². The van der Waals surface area contributed by atoms with Crippen LogP contribution in [0.3, 0.4) is 0 Å². The van der Waals surface area contributed by atoms with Gasteiger partial charge in [0.1, 0.15) is 5.52 Å². The van der Waals surface area contributed by atoms with Gasteiger partial charge in [0, 0.05) is 31.3 Å². The van der Waals surface area contributed by atoms with Crippen molar-refractivity contribution in [3.63, 3.8) is 0 Å². The summed E-state index contributed by atoms with van der Waals surface area (Å²) in [6.07, 6.45) is -0.783. The number of nitrogens with zero attached hydrogens (tertiary/aromatic N) is 5. The normalized spacial score (nSPS) is 13.7. The fraction of sp³-hybridized carbons (Fsp3) is 0.333. The molecule has 0 aliphatic heterocycles. The number of fused-ring (bicyclic) bond motifs is 2. The predicted octanol–water partition coefficient (Wildman–Crippen LogP) is 3.59. The molecule has 3 aromatic rings. The maximum absolute atomic E-state index is 12.3. The minimum Gasteiger partial charge on any atom is -0.354 e. The number of allylic oxidation sites excluding steroid dienone is 1. The van der Waals surface area contributed by atoms with Gasteiger partial charge in [0.25, 0.3) is 0 Å². The Labute approximate surface area is 153 Å². The molecule has 6 nitrogen and oxygen atoms in total. The summed E-state index contributed by atoms with van der Waals surface area (Å²) in [5, 5.41) is 10.9. The fourth-order valence-electron chi connectivity index (χ4n) is 3.15. The molecular weight excluding hydrogens is 357 g/mol. The van der Waals surface area contributed by atoms with Gasteiger partial charge < -0.3 is 5.32 Å². The van der Waals surface area contributed by atoms with Crippen LogP contribution >= 0.6 is 0 Å². The van der Waals surface area contributed by atoms with Gasteiger partial charge in [-0.25, -0.2) is 14.6 Å². The predicted molar refractivity (Wildman–Crippen MR) is 95.2 cm³/mol. The van der Waals surface area contributed by atoms with E-state index in [1.165, 1.54) is 0 Å². The Hall–Kier alpha value is -2.97. The van der Waals surface area contributed by atoms with Crippen molar-refractivity contribution in [1.29, 1.82) is 0 Å². The SMILES string of the molecule is CCn1nnc2ccc(C3=CCc4nc(NCCC(F)(F)F)ncc43)cc21. The van der Waals surface area contributed by atoms with Gasteiger partial charge in [0.2, 0.25) is 5.95 Å². The standard InChI is InChI=1S/C18H17F3N6/c1-2-27-16-9-11(3-5-15(16)25-26-27)12-4-6-14-13(12)10-23-17(24-14)22-8-7-18(19,20)21/h3-5,9-10H,2,6-8H2,1H3,(H,22,23,24). The summed E-state index contributed by atoms with van der Waals surface area (Å²) in [6, 6.07) is 5.94. The van der Waals surface area contributed by atoms with Crippen molar-refractivity contribution in [2.24, 2.45) is 0 Å². The molecule has 27 heavy (non-hydrogen) atoms. The average molecular weight is 374 g/mol. The van der Waals surface area contributed by atoms with Crippen LogP contribution in [-0.2, 0) is 13.0 Å². The molecule has 0 unspecified atom stereocenters. The number of nitrogens with one attached hydrogen (secondary N) is 1. The largest absolute Gasteiger partial charge is 0.390 e. The van der Waals surface area contributed by atoms with Crippen molar-refractivity contribution in [2.75, 3.05) is 11.9 Å². The number of hydrogen-bond donors (Lipinski definition) is 1. The van der Waals surface area contributed by atoms with E-state index in [4.69, 9.17) is 0 Å². The third kappa shape index (κ3) is 3.49. The molecular formula is C18H17F3N6. The second-order valence-corrected chi connectivity index (χ2v) is 6.28. The fourth-order valence-corrected chi connectivity index (χ4v) is 3.15. The quantitative estimate of drug-likeness (QED) is 0.739. The van der Waals surface area contributed by atoms with E-state index in [0.717, 1.165) is 40.0 Å². The van der Waals surface area contributed by atoms with Gasteiger partial charge in [-0.1, -0.05) is 17.4 Å². The molecule has 0 atom stereocenters. The first kappa shape index (κ1) is 17.4. The van der Waals surface area contributed by atoms with Gasteiger partial charge in [-0.2, -0.15) is 13.2 Å². The summed E-state index contributed by atoms with van der Waals surface area (Å²) >= 11 is 0. The van der Waals surface area contributed by atoms with E-state index in [9.17, 15) is 13.2 Å². The summed E-state index contributed by atoms with van der Waals surface area (Å²) in [4.78, 5) is 8.53. The Morgan fingerprint density at radius 3 is 2.89 bits per heavy atom. The zero-order valence-corrected chi connectivity index (χ0v) is 14.6. The highest BCUT2D eigenvalue weighted by Crippen LogP contribution is 2.33. The van der Waals surface area contributed by atoms with Gasteiger partial charge in [0.05, 0.1) is 17.6 Å². The minimum atomic E-state index is -4.20. The van der Waals surface area contributed by atoms with Crippen LogP contribution < -0.4 is 5.32 Å². The average Bonchev–Trinajstić information content (AvgIpc) is 3.23. The number of alkyl halides is 3. The molecule has 0 saturated heterocycles. The minimum absolute atomic E-state index is 0.219. The molecule has 0 amide bonds. The van der Waals surface area contributed by atoms with Crippen molar-refractivity contribution in [3.8, 4) is 0 Å². The lowest BCUT2D eigenvalue weighted by Gasteiger charge is -2.10. The van der Waals surface area contributed by atoms with Crippen LogP contribution in [0, 0.1) is 0 Å². The van der Waals surface area contributed by atoms with Crippen molar-refractivity contribution in [2.45, 2.75) is 32.5 Å². The second kappa shape index (κ2) is 6.64. The number of benzene rings is 1. The number of hydrogen-bond acceptors (Lipinski definition) is 5. The maximum Gasteiger partial charge on any atom is 0.390 e. The Bertz CT molecular complexity index is 1020. The first-order chi connectivity index (χ1) is 12.9. The van der Waals surface area contributed by atoms with E-state index in [-0.39, 0.29) is 12.5 Å². The first-order valence-electron chi connectivity index (χ1n) is 8.65. The van der Waals surface area contributed by atoms with Crippen molar-refractivity contribution in [1.82, 2.24) is 25.0 Å². The smallest absolute Gasteiger partial charge is 0.354 e. The number of anilines is 1. The highest BCUT2D eigenvalue weighted by molar-refractivity contribution is 5.88. The zero-order valence-electron chi connectivity index (χ0n) is 14.6. The summed E-state index contributed by atoms with van der Waals surface area (Å²) < 4.78 is 38.6. The van der Waals surface area contributed by atoms with Crippen LogP contribution in [0.2, 0.25) is 0 Å². The van der Waals surface area contributed by atoms with E-state index in [0.29, 0.717) is 6.42 Å². The van der Waals surface area contributed by atoms with Gasteiger partial charge in [-0.3, -0.25) is 0 Å². The van der Waals surface area contributed by atoms with Crippen LogP contribution in [0.4, 0.5) is 19.1 Å². The molecule has 2 heterocycles. The van der Waals surface area contributed by atoms with Crippen molar-refractivity contribution < 1.29 is 13.2 Å². The molecule has 2 aromatic heterocycles. The molecule has 1 N–H and O–H groups in total. The third-order valence-corrected chi connectivity index (χ3v) is 4.47. The van der Waals surface area contributed by atoms with Crippen LogP contribution in [0.15, 0.2) is 30.5 Å². The van der Waals surface area contributed by atoms with E-state index in [2.05, 4.69) is 31.7 Å². The van der Waals surface area contributed by atoms with Gasteiger partial charge in [0.15, 0.2) is 0 Å². The Balaban J connectivity index is 1.56. The number of rotatable bonds is 5. The molecule has 0 spiro atoms. The number of halogens is 3. The monoisotopic (exact) mass is 374 g/mol. The van der Waals surface area contributed by atoms with Crippen LogP contribution in [0.5, 0.6) is 0 Å². The van der Waals surface area contributed by atoms with Crippen LogP contribution in [0.1, 0.15) is 30.2 Å². The van der Waals surface area contributed by atoms with Gasteiger partial charge in [-0.15, -0.1) is 5.10 Å². The molecule has 4 rings (SSSR count). The summed E-state index contributed by atoms with van der Waals surface area (Å²) in [5.74, 6) is 0.219. The molecule has 1 aliphatic carbocycles. The van der Waals surface area contributed by atoms with Crippen molar-refractivity contribution >= 4 is 22.6 Å². The number of aryl methyl sites for hydroxylation is 1. The Kier molecular flexibility index (Phi) is 4.29. The van der Waals surface area contributed by atoms with E-state index >= 15 is 0 Å². The third-order valence-electron chi connectivity index (χ3n) is 4.47. The van der Waals surface area contributed by atoms with E-state index in [1.807, 2.05) is 29.8 Å². The molecule has 140 valence electrons. The first-order valence-corrected chi connectivity index (χ1v) is 8.65. The van der Waals surface area contributed by atoms with E-state index < -0.39 is 12.6 Å². The maximum atomic E-state index is 12.3. The summed E-state index contributed by atoms with van der Waals surface area (Å²) in [6.45, 7) is 2.49. The van der Waals surface area contributed by atoms with Crippen LogP contribution in [-0.4, -0.2) is 37.7 Å². The lowest BCUT2D eigenvalue weighted by atomic mass is 10.0. The lowest BCUT2D eigenvalue weighted by molar-refractivity contribution is -0.131. The number of aromatic nitrogens is 5. The Morgan fingerprint density at radius 2 is 2.11 bits per heavy atom.